The van der Waals surface area contributed by atoms with E-state index in [-0.39, 0.29) is 5.92 Å². The van der Waals surface area contributed by atoms with Crippen molar-refractivity contribution in [3.8, 4) is 0 Å². The van der Waals surface area contributed by atoms with Crippen LogP contribution in [0.25, 0.3) is 0 Å². The maximum absolute atomic E-state index is 12.3. The van der Waals surface area contributed by atoms with E-state index in [1.165, 1.54) is 0 Å². The minimum absolute atomic E-state index is 0.112. The van der Waals surface area contributed by atoms with E-state index in [2.05, 4.69) is 27.8 Å². The molecule has 92 valence electrons. The molecule has 2 aliphatic rings. The zero-order valence-electron chi connectivity index (χ0n) is 9.82. The lowest BCUT2D eigenvalue weighted by Gasteiger charge is -2.30. The number of amides is 1. The number of rotatable bonds is 2. The van der Waals surface area contributed by atoms with Crippen LogP contribution in [0.5, 0.6) is 0 Å². The number of carbonyl (C=O) groups excluding carboxylic acids is 1. The first kappa shape index (κ1) is 12.4. The van der Waals surface area contributed by atoms with E-state index in [1.54, 1.807) is 0 Å². The average molecular weight is 290 g/mol. The Hall–Kier alpha value is -0.0900. The van der Waals surface area contributed by atoms with Crippen molar-refractivity contribution in [3.63, 3.8) is 0 Å². The minimum atomic E-state index is 0.112. The Morgan fingerprint density at radius 3 is 2.94 bits per heavy atom. The van der Waals surface area contributed by atoms with Gasteiger partial charge in [0.15, 0.2) is 0 Å². The van der Waals surface area contributed by atoms with Crippen molar-refractivity contribution in [1.82, 2.24) is 4.90 Å². The summed E-state index contributed by atoms with van der Waals surface area (Å²) in [6.07, 6.45) is 3.16. The number of ether oxygens (including phenoxy) is 1. The SMILES string of the molecule is CC1CCN(C(=O)C2CCCOC2)C1CBr. The molecule has 0 aromatic rings. The summed E-state index contributed by atoms with van der Waals surface area (Å²) >= 11 is 3.52. The van der Waals surface area contributed by atoms with Gasteiger partial charge in [0.1, 0.15) is 0 Å². The molecule has 0 aromatic heterocycles. The van der Waals surface area contributed by atoms with Gasteiger partial charge < -0.3 is 9.64 Å². The quantitative estimate of drug-likeness (QED) is 0.728. The van der Waals surface area contributed by atoms with Crippen LogP contribution in [0.1, 0.15) is 26.2 Å². The van der Waals surface area contributed by atoms with Gasteiger partial charge in [0.2, 0.25) is 5.91 Å². The molecule has 0 saturated carbocycles. The standard InChI is InChI=1S/C12H20BrNO2/c1-9-4-5-14(11(9)7-13)12(15)10-3-2-6-16-8-10/h9-11H,2-8H2,1H3. The zero-order chi connectivity index (χ0) is 11.5. The van der Waals surface area contributed by atoms with Crippen LogP contribution in [0.15, 0.2) is 0 Å². The molecular weight excluding hydrogens is 270 g/mol. The largest absolute Gasteiger partial charge is 0.381 e. The van der Waals surface area contributed by atoms with Gasteiger partial charge in [0.05, 0.1) is 12.5 Å². The van der Waals surface area contributed by atoms with Crippen molar-refractivity contribution in [2.75, 3.05) is 25.1 Å². The second kappa shape index (κ2) is 5.50. The van der Waals surface area contributed by atoms with Crippen LogP contribution >= 0.6 is 15.9 Å². The number of alkyl halides is 1. The lowest BCUT2D eigenvalue weighted by atomic mass is 9.99. The van der Waals surface area contributed by atoms with Crippen LogP contribution in [-0.2, 0) is 9.53 Å². The summed E-state index contributed by atoms with van der Waals surface area (Å²) in [7, 11) is 0. The monoisotopic (exact) mass is 289 g/mol. The summed E-state index contributed by atoms with van der Waals surface area (Å²) in [4.78, 5) is 14.4. The molecular formula is C12H20BrNO2. The van der Waals surface area contributed by atoms with Gasteiger partial charge in [0, 0.05) is 24.5 Å². The van der Waals surface area contributed by atoms with E-state index in [1.807, 2.05) is 0 Å². The van der Waals surface area contributed by atoms with Gasteiger partial charge in [-0.25, -0.2) is 0 Å². The van der Waals surface area contributed by atoms with E-state index in [0.717, 1.165) is 37.7 Å². The third kappa shape index (κ3) is 2.43. The maximum Gasteiger partial charge on any atom is 0.228 e. The molecule has 0 aliphatic carbocycles. The predicted molar refractivity (Wildman–Crippen MR) is 66.6 cm³/mol. The number of carbonyl (C=O) groups is 1. The van der Waals surface area contributed by atoms with Crippen molar-refractivity contribution >= 4 is 21.8 Å². The average Bonchev–Trinajstić information content (AvgIpc) is 2.70. The van der Waals surface area contributed by atoms with Crippen LogP contribution in [0.3, 0.4) is 0 Å². The van der Waals surface area contributed by atoms with Crippen molar-refractivity contribution in [2.45, 2.75) is 32.2 Å². The lowest BCUT2D eigenvalue weighted by molar-refractivity contribution is -0.140. The number of likely N-dealkylation sites (tertiary alicyclic amines) is 1. The van der Waals surface area contributed by atoms with Crippen molar-refractivity contribution in [1.29, 1.82) is 0 Å². The van der Waals surface area contributed by atoms with Crippen LogP contribution in [0.2, 0.25) is 0 Å². The number of halogens is 1. The van der Waals surface area contributed by atoms with E-state index in [9.17, 15) is 4.79 Å². The summed E-state index contributed by atoms with van der Waals surface area (Å²) in [5, 5.41) is 0.896. The van der Waals surface area contributed by atoms with Crippen molar-refractivity contribution < 1.29 is 9.53 Å². The summed E-state index contributed by atoms with van der Waals surface area (Å²) in [5.41, 5.74) is 0. The smallest absolute Gasteiger partial charge is 0.228 e. The molecule has 2 fully saturated rings. The Morgan fingerprint density at radius 2 is 2.31 bits per heavy atom. The molecule has 2 rings (SSSR count). The molecule has 3 nitrogen and oxygen atoms in total. The van der Waals surface area contributed by atoms with Gasteiger partial charge in [-0.3, -0.25) is 4.79 Å². The van der Waals surface area contributed by atoms with Gasteiger partial charge in [-0.2, -0.15) is 0 Å². The van der Waals surface area contributed by atoms with E-state index < -0.39 is 0 Å². The van der Waals surface area contributed by atoms with Gasteiger partial charge >= 0.3 is 0 Å². The van der Waals surface area contributed by atoms with Gasteiger partial charge in [-0.05, 0) is 25.2 Å². The van der Waals surface area contributed by atoms with Gasteiger partial charge in [0.25, 0.3) is 0 Å². The molecule has 16 heavy (non-hydrogen) atoms. The highest BCUT2D eigenvalue weighted by Gasteiger charge is 2.36. The highest BCUT2D eigenvalue weighted by Crippen LogP contribution is 2.28. The Balaban J connectivity index is 1.97. The molecule has 2 saturated heterocycles. The summed E-state index contributed by atoms with van der Waals surface area (Å²) < 4.78 is 5.40. The number of hydrogen-bond donors (Lipinski definition) is 0. The molecule has 3 unspecified atom stereocenters. The molecule has 1 amide bonds. The topological polar surface area (TPSA) is 29.5 Å². The first-order chi connectivity index (χ1) is 7.74. The number of nitrogens with zero attached hydrogens (tertiary/aromatic N) is 1. The molecule has 3 atom stereocenters. The summed E-state index contributed by atoms with van der Waals surface area (Å²) in [6.45, 7) is 4.60. The maximum atomic E-state index is 12.3. The Labute approximate surface area is 106 Å². The molecule has 2 aliphatic heterocycles. The zero-order valence-corrected chi connectivity index (χ0v) is 11.4. The molecule has 0 bridgehead atoms. The van der Waals surface area contributed by atoms with Gasteiger partial charge in [-0.1, -0.05) is 22.9 Å². The first-order valence-corrected chi connectivity index (χ1v) is 7.30. The highest BCUT2D eigenvalue weighted by molar-refractivity contribution is 9.09. The Bertz CT molecular complexity index is 253. The molecule has 4 heteroatoms. The predicted octanol–water partition coefficient (Wildman–Crippen LogP) is 2.04. The number of hydrogen-bond acceptors (Lipinski definition) is 2. The summed E-state index contributed by atoms with van der Waals surface area (Å²) in [5.74, 6) is 1.04. The summed E-state index contributed by atoms with van der Waals surface area (Å²) in [6, 6.07) is 0.384. The normalized spacial score (nSPS) is 35.4. The van der Waals surface area contributed by atoms with Crippen LogP contribution in [0.4, 0.5) is 0 Å². The van der Waals surface area contributed by atoms with Crippen molar-refractivity contribution in [3.05, 3.63) is 0 Å². The fraction of sp³-hybridized carbons (Fsp3) is 0.917. The van der Waals surface area contributed by atoms with Gasteiger partial charge in [-0.15, -0.1) is 0 Å². The van der Waals surface area contributed by atoms with Crippen LogP contribution < -0.4 is 0 Å². The second-order valence-electron chi connectivity index (χ2n) is 4.93. The third-order valence-electron chi connectivity index (χ3n) is 3.83. The molecule has 2 heterocycles. The third-order valence-corrected chi connectivity index (χ3v) is 4.50. The molecule has 0 aromatic carbocycles. The molecule has 0 N–H and O–H groups in total. The Kier molecular flexibility index (Phi) is 4.25. The van der Waals surface area contributed by atoms with Crippen LogP contribution in [-0.4, -0.2) is 41.9 Å². The van der Waals surface area contributed by atoms with E-state index >= 15 is 0 Å². The van der Waals surface area contributed by atoms with Crippen LogP contribution in [0, 0.1) is 11.8 Å². The second-order valence-corrected chi connectivity index (χ2v) is 5.58. The fourth-order valence-corrected chi connectivity index (χ4v) is 3.67. The molecule has 0 spiro atoms. The van der Waals surface area contributed by atoms with E-state index in [4.69, 9.17) is 4.74 Å². The van der Waals surface area contributed by atoms with Crippen molar-refractivity contribution in [2.24, 2.45) is 11.8 Å². The molecule has 0 radical (unpaired) electrons. The first-order valence-electron chi connectivity index (χ1n) is 6.18. The highest BCUT2D eigenvalue weighted by atomic mass is 79.9. The lowest BCUT2D eigenvalue weighted by Crippen LogP contribution is -2.44. The Morgan fingerprint density at radius 1 is 1.50 bits per heavy atom. The van der Waals surface area contributed by atoms with E-state index in [0.29, 0.717) is 24.5 Å². The fourth-order valence-electron chi connectivity index (χ4n) is 2.69. The minimum Gasteiger partial charge on any atom is -0.381 e.